The van der Waals surface area contributed by atoms with Gasteiger partial charge in [0.05, 0.1) is 0 Å². The molecule has 0 saturated carbocycles. The minimum atomic E-state index is 0.706. The first-order chi connectivity index (χ1) is 10.1. The molecule has 1 nitrogen and oxygen atoms in total. The highest BCUT2D eigenvalue weighted by Gasteiger charge is 2.14. The lowest BCUT2D eigenvalue weighted by Gasteiger charge is -2.27. The van der Waals surface area contributed by atoms with Gasteiger partial charge in [0.15, 0.2) is 0 Å². The fourth-order valence-corrected chi connectivity index (χ4v) is 2.49. The molecule has 0 amide bonds. The van der Waals surface area contributed by atoms with Gasteiger partial charge in [-0.2, -0.15) is 0 Å². The highest BCUT2D eigenvalue weighted by Crippen LogP contribution is 2.16. The minimum absolute atomic E-state index is 0.706. The van der Waals surface area contributed by atoms with Crippen LogP contribution >= 0.6 is 0 Å². The van der Waals surface area contributed by atoms with E-state index in [2.05, 4.69) is 86.3 Å². The third-order valence-electron chi connectivity index (χ3n) is 4.18. The Labute approximate surface area is 129 Å². The zero-order valence-corrected chi connectivity index (χ0v) is 13.5. The van der Waals surface area contributed by atoms with Gasteiger partial charge in [0, 0.05) is 19.6 Å². The van der Waals surface area contributed by atoms with Crippen LogP contribution in [0.3, 0.4) is 0 Å². The largest absolute Gasteiger partial charge is 0.295 e. The third kappa shape index (κ3) is 5.35. The Bertz CT molecular complexity index is 462. The molecular weight excluding hydrogens is 254 g/mol. The minimum Gasteiger partial charge on any atom is -0.295 e. The molecule has 0 aromatic heterocycles. The van der Waals surface area contributed by atoms with Crippen LogP contribution in [0, 0.1) is 11.8 Å². The van der Waals surface area contributed by atoms with E-state index in [1.807, 2.05) is 0 Å². The summed E-state index contributed by atoms with van der Waals surface area (Å²) in [6.45, 7) is 10.2. The van der Waals surface area contributed by atoms with E-state index in [9.17, 15) is 0 Å². The van der Waals surface area contributed by atoms with Crippen LogP contribution < -0.4 is 0 Å². The Hall–Kier alpha value is -1.60. The summed E-state index contributed by atoms with van der Waals surface area (Å²) < 4.78 is 0. The van der Waals surface area contributed by atoms with Crippen molar-refractivity contribution in [3.05, 3.63) is 71.8 Å². The quantitative estimate of drug-likeness (QED) is 0.691. The van der Waals surface area contributed by atoms with Gasteiger partial charge in [0.2, 0.25) is 0 Å². The number of benzene rings is 2. The van der Waals surface area contributed by atoms with Crippen LogP contribution in [0.25, 0.3) is 0 Å². The van der Waals surface area contributed by atoms with Gasteiger partial charge in [0.1, 0.15) is 0 Å². The normalized spacial score (nSPS) is 12.8. The van der Waals surface area contributed by atoms with Crippen LogP contribution in [0.4, 0.5) is 0 Å². The molecule has 21 heavy (non-hydrogen) atoms. The van der Waals surface area contributed by atoms with E-state index in [0.29, 0.717) is 5.92 Å². The number of hydrogen-bond acceptors (Lipinski definition) is 1. The molecule has 0 fully saturated rings. The molecule has 0 N–H and O–H groups in total. The summed E-state index contributed by atoms with van der Waals surface area (Å²) in [6.07, 6.45) is 0. The van der Waals surface area contributed by atoms with Crippen molar-refractivity contribution in [3.8, 4) is 0 Å². The monoisotopic (exact) mass is 281 g/mol. The van der Waals surface area contributed by atoms with E-state index < -0.39 is 0 Å². The number of nitrogens with zero attached hydrogens (tertiary/aromatic N) is 1. The summed E-state index contributed by atoms with van der Waals surface area (Å²) in [5, 5.41) is 0. The Kier molecular flexibility index (Phi) is 6.01. The van der Waals surface area contributed by atoms with Crippen molar-refractivity contribution >= 4 is 0 Å². The fourth-order valence-electron chi connectivity index (χ4n) is 2.49. The zero-order chi connectivity index (χ0) is 15.1. The van der Waals surface area contributed by atoms with Gasteiger partial charge >= 0.3 is 0 Å². The molecule has 2 aromatic carbocycles. The molecule has 1 atom stereocenters. The highest BCUT2D eigenvalue weighted by molar-refractivity contribution is 5.17. The molecule has 0 radical (unpaired) electrons. The van der Waals surface area contributed by atoms with Crippen molar-refractivity contribution in [2.24, 2.45) is 11.8 Å². The lowest BCUT2D eigenvalue weighted by Crippen LogP contribution is -2.29. The van der Waals surface area contributed by atoms with Crippen LogP contribution in [0.5, 0.6) is 0 Å². The Morgan fingerprint density at radius 2 is 1.14 bits per heavy atom. The summed E-state index contributed by atoms with van der Waals surface area (Å²) in [7, 11) is 0. The Morgan fingerprint density at radius 1 is 0.714 bits per heavy atom. The smallest absolute Gasteiger partial charge is 0.0237 e. The molecule has 0 heterocycles. The van der Waals surface area contributed by atoms with Gasteiger partial charge in [-0.3, -0.25) is 4.90 Å². The lowest BCUT2D eigenvalue weighted by molar-refractivity contribution is 0.196. The first-order valence-electron chi connectivity index (χ1n) is 7.95. The Morgan fingerprint density at radius 3 is 1.52 bits per heavy atom. The van der Waals surface area contributed by atoms with E-state index in [1.165, 1.54) is 11.1 Å². The standard InChI is InChI=1S/C20H27N/c1-17(2)18(3)14-21(15-19-10-6-4-7-11-19)16-20-12-8-5-9-13-20/h4-13,17-18H,14-16H2,1-3H3. The van der Waals surface area contributed by atoms with E-state index >= 15 is 0 Å². The summed E-state index contributed by atoms with van der Waals surface area (Å²) in [5.41, 5.74) is 2.79. The maximum atomic E-state index is 2.56. The third-order valence-corrected chi connectivity index (χ3v) is 4.18. The fraction of sp³-hybridized carbons (Fsp3) is 0.400. The van der Waals surface area contributed by atoms with Crippen molar-refractivity contribution in [1.29, 1.82) is 0 Å². The van der Waals surface area contributed by atoms with Crippen molar-refractivity contribution < 1.29 is 0 Å². The molecule has 0 bridgehead atoms. The van der Waals surface area contributed by atoms with Crippen molar-refractivity contribution in [3.63, 3.8) is 0 Å². The average molecular weight is 281 g/mol. The maximum Gasteiger partial charge on any atom is 0.0237 e. The molecule has 0 aliphatic rings. The zero-order valence-electron chi connectivity index (χ0n) is 13.5. The van der Waals surface area contributed by atoms with E-state index in [4.69, 9.17) is 0 Å². The first kappa shape index (κ1) is 15.8. The van der Waals surface area contributed by atoms with Crippen LogP contribution in [0.2, 0.25) is 0 Å². The van der Waals surface area contributed by atoms with E-state index in [0.717, 1.165) is 25.6 Å². The first-order valence-corrected chi connectivity index (χ1v) is 7.95. The van der Waals surface area contributed by atoms with Gasteiger partial charge in [-0.05, 0) is 23.0 Å². The molecule has 2 aromatic rings. The van der Waals surface area contributed by atoms with Gasteiger partial charge in [0.25, 0.3) is 0 Å². The second kappa shape index (κ2) is 7.99. The summed E-state index contributed by atoms with van der Waals surface area (Å²) in [4.78, 5) is 2.56. The second-order valence-corrected chi connectivity index (χ2v) is 6.36. The van der Waals surface area contributed by atoms with E-state index in [-0.39, 0.29) is 0 Å². The van der Waals surface area contributed by atoms with E-state index in [1.54, 1.807) is 0 Å². The van der Waals surface area contributed by atoms with Crippen LogP contribution in [-0.2, 0) is 13.1 Å². The van der Waals surface area contributed by atoms with Gasteiger partial charge < -0.3 is 0 Å². The summed E-state index contributed by atoms with van der Waals surface area (Å²) >= 11 is 0. The van der Waals surface area contributed by atoms with Crippen LogP contribution in [-0.4, -0.2) is 11.4 Å². The molecule has 0 aliphatic heterocycles. The molecule has 1 heteroatoms. The summed E-state index contributed by atoms with van der Waals surface area (Å²) in [6, 6.07) is 21.6. The Balaban J connectivity index is 2.06. The molecular formula is C20H27N. The molecule has 2 rings (SSSR count). The number of hydrogen-bond donors (Lipinski definition) is 0. The van der Waals surface area contributed by atoms with Crippen LogP contribution in [0.1, 0.15) is 31.9 Å². The predicted molar refractivity (Wildman–Crippen MR) is 91.0 cm³/mol. The van der Waals surface area contributed by atoms with Crippen molar-refractivity contribution in [1.82, 2.24) is 4.90 Å². The molecule has 0 spiro atoms. The molecule has 0 saturated heterocycles. The second-order valence-electron chi connectivity index (χ2n) is 6.36. The topological polar surface area (TPSA) is 3.24 Å². The molecule has 1 unspecified atom stereocenters. The average Bonchev–Trinajstić information content (AvgIpc) is 2.49. The van der Waals surface area contributed by atoms with Gasteiger partial charge in [-0.25, -0.2) is 0 Å². The van der Waals surface area contributed by atoms with Crippen molar-refractivity contribution in [2.75, 3.05) is 6.54 Å². The van der Waals surface area contributed by atoms with Gasteiger partial charge in [-0.15, -0.1) is 0 Å². The highest BCUT2D eigenvalue weighted by atomic mass is 15.1. The maximum absolute atomic E-state index is 2.56. The van der Waals surface area contributed by atoms with Crippen molar-refractivity contribution in [2.45, 2.75) is 33.9 Å². The molecule has 112 valence electrons. The van der Waals surface area contributed by atoms with Gasteiger partial charge in [-0.1, -0.05) is 81.4 Å². The SMILES string of the molecule is CC(C)C(C)CN(Cc1ccccc1)Cc1ccccc1. The predicted octanol–water partition coefficient (Wildman–Crippen LogP) is 4.98. The number of rotatable bonds is 7. The lowest BCUT2D eigenvalue weighted by atomic mass is 9.97. The summed E-state index contributed by atoms with van der Waals surface area (Å²) in [5.74, 6) is 1.43. The molecule has 0 aliphatic carbocycles. The van der Waals surface area contributed by atoms with Crippen LogP contribution in [0.15, 0.2) is 60.7 Å².